The highest BCUT2D eigenvalue weighted by Crippen LogP contribution is 2.35. The minimum atomic E-state index is -2.91. The molecule has 1 atom stereocenters. The molecule has 0 unspecified atom stereocenters. The van der Waals surface area contributed by atoms with Crippen LogP contribution in [0.2, 0.25) is 0 Å². The van der Waals surface area contributed by atoms with Gasteiger partial charge in [-0.1, -0.05) is 6.92 Å². The summed E-state index contributed by atoms with van der Waals surface area (Å²) in [5.74, 6) is 0.423. The van der Waals surface area contributed by atoms with Crippen LogP contribution in [0.25, 0.3) is 0 Å². The maximum atomic E-state index is 11.6. The summed E-state index contributed by atoms with van der Waals surface area (Å²) in [4.78, 5) is 10.3. The van der Waals surface area contributed by atoms with Crippen LogP contribution in [-0.2, 0) is 14.6 Å². The third-order valence-electron chi connectivity index (χ3n) is 4.44. The van der Waals surface area contributed by atoms with Gasteiger partial charge in [-0.2, -0.15) is 0 Å². The predicted molar refractivity (Wildman–Crippen MR) is 85.1 cm³/mol. The maximum Gasteiger partial charge on any atom is 0.316 e. The molecule has 0 bridgehead atoms. The Morgan fingerprint density at radius 1 is 1.39 bits per heavy atom. The Kier molecular flexibility index (Phi) is 4.84. The fourth-order valence-electron chi connectivity index (χ4n) is 3.14. The van der Waals surface area contributed by atoms with Crippen molar-refractivity contribution in [3.8, 4) is 6.01 Å². The average Bonchev–Trinajstić information content (AvgIpc) is 2.52. The lowest BCUT2D eigenvalue weighted by molar-refractivity contribution is -0.185. The van der Waals surface area contributed by atoms with Gasteiger partial charge in [0.05, 0.1) is 18.0 Å². The summed E-state index contributed by atoms with van der Waals surface area (Å²) in [5, 5.41) is 0. The number of aromatic nitrogens is 2. The minimum absolute atomic E-state index is 0.0488. The zero-order chi connectivity index (χ0) is 16.3. The van der Waals surface area contributed by atoms with Crippen molar-refractivity contribution in [2.45, 2.75) is 31.5 Å². The van der Waals surface area contributed by atoms with E-state index in [-0.39, 0.29) is 23.2 Å². The van der Waals surface area contributed by atoms with Gasteiger partial charge in [0, 0.05) is 50.6 Å². The van der Waals surface area contributed by atoms with Crippen LogP contribution in [0.15, 0.2) is 18.5 Å². The van der Waals surface area contributed by atoms with Gasteiger partial charge in [-0.05, 0) is 6.07 Å². The van der Waals surface area contributed by atoms with Crippen molar-refractivity contribution in [1.82, 2.24) is 14.9 Å². The lowest BCUT2D eigenvalue weighted by Crippen LogP contribution is -2.66. The van der Waals surface area contributed by atoms with E-state index in [9.17, 15) is 8.42 Å². The molecule has 1 aromatic rings. The normalized spacial score (nSPS) is 24.3. The molecule has 2 aliphatic rings. The van der Waals surface area contributed by atoms with E-state index in [1.807, 2.05) is 0 Å². The van der Waals surface area contributed by atoms with Crippen LogP contribution >= 0.6 is 0 Å². The van der Waals surface area contributed by atoms with Crippen molar-refractivity contribution in [3.63, 3.8) is 0 Å². The molecule has 2 saturated heterocycles. The average molecular weight is 341 g/mol. The fraction of sp³-hybridized carbons (Fsp3) is 0.733. The SMILES string of the molecule is CCS(=O)(=O)CCN1CC2(C[C@H](Oc3ncccn3)CCO2)C1. The first-order chi connectivity index (χ1) is 11.0. The number of ether oxygens (including phenoxy) is 2. The van der Waals surface area contributed by atoms with Gasteiger partial charge < -0.3 is 9.47 Å². The molecule has 0 radical (unpaired) electrons. The van der Waals surface area contributed by atoms with Crippen LogP contribution in [0, 0.1) is 0 Å². The van der Waals surface area contributed by atoms with Gasteiger partial charge in [0.1, 0.15) is 6.10 Å². The zero-order valence-corrected chi connectivity index (χ0v) is 14.2. The van der Waals surface area contributed by atoms with Crippen LogP contribution < -0.4 is 4.74 Å². The first-order valence-electron chi connectivity index (χ1n) is 8.01. The van der Waals surface area contributed by atoms with Crippen molar-refractivity contribution in [2.24, 2.45) is 0 Å². The molecule has 0 N–H and O–H groups in total. The van der Waals surface area contributed by atoms with Crippen molar-refractivity contribution in [1.29, 1.82) is 0 Å². The number of hydrogen-bond donors (Lipinski definition) is 0. The molecule has 3 rings (SSSR count). The standard InChI is InChI=1S/C15H23N3O4S/c1-2-23(19,20)9-7-18-11-15(12-18)10-13(4-8-21-15)22-14-16-5-3-6-17-14/h3,5-6,13H,2,4,7-12H2,1H3/t13-/m1/s1. The second-order valence-electron chi connectivity index (χ2n) is 6.24. The molecular formula is C15H23N3O4S. The predicted octanol–water partition coefficient (Wildman–Crippen LogP) is 0.524. The van der Waals surface area contributed by atoms with Crippen molar-refractivity contribution >= 4 is 9.84 Å². The van der Waals surface area contributed by atoms with E-state index in [4.69, 9.17) is 9.47 Å². The highest BCUT2D eigenvalue weighted by atomic mass is 32.2. The highest BCUT2D eigenvalue weighted by molar-refractivity contribution is 7.91. The first-order valence-corrected chi connectivity index (χ1v) is 9.83. The fourth-order valence-corrected chi connectivity index (χ4v) is 3.96. The number of hydrogen-bond acceptors (Lipinski definition) is 7. The molecule has 3 heterocycles. The lowest BCUT2D eigenvalue weighted by atomic mass is 9.85. The van der Waals surface area contributed by atoms with Gasteiger partial charge >= 0.3 is 6.01 Å². The molecule has 0 aliphatic carbocycles. The molecule has 0 saturated carbocycles. The first kappa shape index (κ1) is 16.6. The van der Waals surface area contributed by atoms with Gasteiger partial charge in [-0.25, -0.2) is 18.4 Å². The Hall–Kier alpha value is -1.25. The summed E-state index contributed by atoms with van der Waals surface area (Å²) in [6, 6.07) is 2.16. The molecule has 7 nitrogen and oxygen atoms in total. The van der Waals surface area contributed by atoms with E-state index < -0.39 is 9.84 Å². The molecule has 2 aliphatic heterocycles. The molecule has 0 aromatic carbocycles. The van der Waals surface area contributed by atoms with E-state index in [2.05, 4.69) is 14.9 Å². The molecule has 128 valence electrons. The third kappa shape index (κ3) is 4.19. The van der Waals surface area contributed by atoms with Gasteiger partial charge in [-0.3, -0.25) is 4.90 Å². The summed E-state index contributed by atoms with van der Waals surface area (Å²) in [6.07, 6.45) is 4.99. The monoisotopic (exact) mass is 341 g/mol. The van der Waals surface area contributed by atoms with Crippen LogP contribution in [0.5, 0.6) is 6.01 Å². The van der Waals surface area contributed by atoms with E-state index >= 15 is 0 Å². The number of likely N-dealkylation sites (tertiary alicyclic amines) is 1. The summed E-state index contributed by atoms with van der Waals surface area (Å²) >= 11 is 0. The quantitative estimate of drug-likeness (QED) is 0.746. The van der Waals surface area contributed by atoms with Gasteiger partial charge in [0.2, 0.25) is 0 Å². The smallest absolute Gasteiger partial charge is 0.316 e. The lowest BCUT2D eigenvalue weighted by Gasteiger charge is -2.53. The van der Waals surface area contributed by atoms with E-state index in [0.29, 0.717) is 19.2 Å². The van der Waals surface area contributed by atoms with Crippen molar-refractivity contribution < 1.29 is 17.9 Å². The molecule has 23 heavy (non-hydrogen) atoms. The number of rotatable bonds is 6. The van der Waals surface area contributed by atoms with Gasteiger partial charge in [-0.15, -0.1) is 0 Å². The summed E-state index contributed by atoms with van der Waals surface area (Å²) < 4.78 is 34.9. The molecular weight excluding hydrogens is 318 g/mol. The Morgan fingerprint density at radius 2 is 2.13 bits per heavy atom. The Morgan fingerprint density at radius 3 is 2.83 bits per heavy atom. The molecule has 2 fully saturated rings. The van der Waals surface area contributed by atoms with Gasteiger partial charge in [0.15, 0.2) is 9.84 Å². The van der Waals surface area contributed by atoms with Crippen LogP contribution in [0.1, 0.15) is 19.8 Å². The maximum absolute atomic E-state index is 11.6. The summed E-state index contributed by atoms with van der Waals surface area (Å²) in [5.41, 5.74) is -0.201. The topological polar surface area (TPSA) is 81.6 Å². The Bertz CT molecular complexity index is 617. The van der Waals surface area contributed by atoms with Crippen molar-refractivity contribution in [2.75, 3.05) is 37.7 Å². The minimum Gasteiger partial charge on any atom is -0.460 e. The zero-order valence-electron chi connectivity index (χ0n) is 13.3. The Balaban J connectivity index is 1.48. The van der Waals surface area contributed by atoms with Gasteiger partial charge in [0.25, 0.3) is 0 Å². The van der Waals surface area contributed by atoms with Crippen LogP contribution in [0.3, 0.4) is 0 Å². The Labute approximate surface area is 136 Å². The second-order valence-corrected chi connectivity index (χ2v) is 8.72. The van der Waals surface area contributed by atoms with E-state index in [0.717, 1.165) is 25.9 Å². The van der Waals surface area contributed by atoms with Crippen LogP contribution in [-0.4, -0.2) is 72.7 Å². The van der Waals surface area contributed by atoms with E-state index in [1.165, 1.54) is 0 Å². The second kappa shape index (κ2) is 6.70. The molecule has 8 heteroatoms. The number of sulfone groups is 1. The van der Waals surface area contributed by atoms with Crippen molar-refractivity contribution in [3.05, 3.63) is 18.5 Å². The highest BCUT2D eigenvalue weighted by Gasteiger charge is 2.48. The summed E-state index contributed by atoms with van der Waals surface area (Å²) in [6.45, 7) is 4.45. The largest absolute Gasteiger partial charge is 0.460 e. The molecule has 1 aromatic heterocycles. The molecule has 1 spiro atoms. The van der Waals surface area contributed by atoms with E-state index in [1.54, 1.807) is 25.4 Å². The third-order valence-corrected chi connectivity index (χ3v) is 6.13. The number of nitrogens with zero attached hydrogens (tertiary/aromatic N) is 3. The van der Waals surface area contributed by atoms with Crippen LogP contribution in [0.4, 0.5) is 0 Å². The summed E-state index contributed by atoms with van der Waals surface area (Å²) in [7, 11) is -2.91. The molecule has 0 amide bonds.